The van der Waals surface area contributed by atoms with Crippen LogP contribution < -0.4 is 10.6 Å². The summed E-state index contributed by atoms with van der Waals surface area (Å²) in [6.45, 7) is 2.31. The summed E-state index contributed by atoms with van der Waals surface area (Å²) in [5.74, 6) is 0.0280. The van der Waals surface area contributed by atoms with Crippen molar-refractivity contribution in [3.05, 3.63) is 66.5 Å². The number of aromatic nitrogens is 1. The predicted molar refractivity (Wildman–Crippen MR) is 134 cm³/mol. The second-order valence-corrected chi connectivity index (χ2v) is 10.0. The molecule has 2 heterocycles. The smallest absolute Gasteiger partial charge is 0.243 e. The molecule has 176 valence electrons. The van der Waals surface area contributed by atoms with E-state index in [0.29, 0.717) is 31.1 Å². The Balaban J connectivity index is 0.00000153. The highest BCUT2D eigenvalue weighted by atomic mass is 35.5. The van der Waals surface area contributed by atoms with Gasteiger partial charge in [-0.1, -0.05) is 18.2 Å². The highest BCUT2D eigenvalue weighted by Gasteiger charge is 2.44. The Labute approximate surface area is 205 Å². The number of fused-ring (bicyclic) bond motifs is 1. The number of halogens is 2. The molecular formula is C23H26Cl2N4O3S. The third kappa shape index (κ3) is 5.31. The molecule has 2 atom stereocenters. The van der Waals surface area contributed by atoms with Crippen molar-refractivity contribution in [1.82, 2.24) is 14.6 Å². The van der Waals surface area contributed by atoms with Crippen LogP contribution in [0.3, 0.4) is 0 Å². The van der Waals surface area contributed by atoms with Crippen molar-refractivity contribution in [3.63, 3.8) is 0 Å². The van der Waals surface area contributed by atoms with E-state index in [2.05, 4.69) is 15.6 Å². The van der Waals surface area contributed by atoms with E-state index in [-0.39, 0.29) is 42.6 Å². The van der Waals surface area contributed by atoms with E-state index in [4.69, 9.17) is 0 Å². The normalized spacial score (nSPS) is 20.4. The molecule has 10 heteroatoms. The van der Waals surface area contributed by atoms with E-state index < -0.39 is 10.0 Å². The fourth-order valence-corrected chi connectivity index (χ4v) is 5.61. The Morgan fingerprint density at radius 1 is 1.00 bits per heavy atom. The van der Waals surface area contributed by atoms with Crippen LogP contribution in [0.15, 0.2) is 65.8 Å². The van der Waals surface area contributed by atoms with Gasteiger partial charge in [-0.25, -0.2) is 8.42 Å². The monoisotopic (exact) mass is 508 g/mol. The van der Waals surface area contributed by atoms with E-state index in [0.717, 1.165) is 28.4 Å². The standard InChI is InChI=1S/C23H24N4O3S.2ClH/c28-23(26-19-4-1-18-15-25-8-7-17(18)13-19)22-14-21(22)16-2-5-20(6-3-16)31(29,30)27-11-9-24-10-12-27;;/h1-8,13,15,21-22,24H,9-12,14H2,(H,26,28);2*1H/t21-,22+;;/m0../s1. The highest BCUT2D eigenvalue weighted by molar-refractivity contribution is 7.89. The number of anilines is 1. The first-order valence-electron chi connectivity index (χ1n) is 10.5. The van der Waals surface area contributed by atoms with Crippen LogP contribution in [0.2, 0.25) is 0 Å². The van der Waals surface area contributed by atoms with E-state index in [1.165, 1.54) is 4.31 Å². The van der Waals surface area contributed by atoms with E-state index in [1.807, 2.05) is 36.4 Å². The second kappa shape index (κ2) is 10.4. The Morgan fingerprint density at radius 3 is 2.45 bits per heavy atom. The summed E-state index contributed by atoms with van der Waals surface area (Å²) in [4.78, 5) is 17.1. The van der Waals surface area contributed by atoms with E-state index in [9.17, 15) is 13.2 Å². The van der Waals surface area contributed by atoms with Crippen molar-refractivity contribution in [2.45, 2.75) is 17.2 Å². The maximum atomic E-state index is 12.8. The highest BCUT2D eigenvalue weighted by Crippen LogP contribution is 2.48. The third-order valence-electron chi connectivity index (χ3n) is 6.06. The van der Waals surface area contributed by atoms with Crippen LogP contribution in [0.5, 0.6) is 0 Å². The van der Waals surface area contributed by atoms with Gasteiger partial charge in [-0.05, 0) is 53.6 Å². The molecule has 3 aromatic rings. The summed E-state index contributed by atoms with van der Waals surface area (Å²) in [5, 5.41) is 8.23. The molecule has 2 aliphatic rings. The summed E-state index contributed by atoms with van der Waals surface area (Å²) in [6.07, 6.45) is 4.30. The molecule has 0 spiro atoms. The van der Waals surface area contributed by atoms with Gasteiger partial charge in [0, 0.05) is 55.6 Å². The fourth-order valence-electron chi connectivity index (χ4n) is 4.17. The average molecular weight is 509 g/mol. The number of nitrogens with zero attached hydrogens (tertiary/aromatic N) is 2. The van der Waals surface area contributed by atoms with Crippen LogP contribution in [-0.4, -0.2) is 49.8 Å². The quantitative estimate of drug-likeness (QED) is 0.550. The Hall–Kier alpha value is -2.23. The molecule has 2 fully saturated rings. The van der Waals surface area contributed by atoms with Crippen LogP contribution in [0.25, 0.3) is 10.8 Å². The number of piperazine rings is 1. The lowest BCUT2D eigenvalue weighted by Crippen LogP contribution is -2.46. The Bertz CT molecular complexity index is 1230. The molecular weight excluding hydrogens is 483 g/mol. The van der Waals surface area contributed by atoms with Gasteiger partial charge < -0.3 is 10.6 Å². The SMILES string of the molecule is Cl.Cl.O=C(Nc1ccc2cnccc2c1)[C@@H]1C[C@H]1c1ccc(S(=O)(=O)N2CCNCC2)cc1. The fraction of sp³-hybridized carbons (Fsp3) is 0.304. The van der Waals surface area contributed by atoms with Crippen LogP contribution in [-0.2, 0) is 14.8 Å². The molecule has 1 aliphatic heterocycles. The van der Waals surface area contributed by atoms with Gasteiger partial charge in [-0.2, -0.15) is 4.31 Å². The molecule has 7 nitrogen and oxygen atoms in total. The van der Waals surface area contributed by atoms with Crippen molar-refractivity contribution in [2.24, 2.45) is 5.92 Å². The summed E-state index contributed by atoms with van der Waals surface area (Å²) in [7, 11) is -3.46. The minimum Gasteiger partial charge on any atom is -0.326 e. The van der Waals surface area contributed by atoms with Gasteiger partial charge in [0.2, 0.25) is 15.9 Å². The number of amides is 1. The number of carbonyl (C=O) groups is 1. The topological polar surface area (TPSA) is 91.4 Å². The minimum atomic E-state index is -3.46. The molecule has 2 aromatic carbocycles. The number of pyridine rings is 1. The number of nitrogens with one attached hydrogen (secondary N) is 2. The number of hydrogen-bond acceptors (Lipinski definition) is 5. The first-order chi connectivity index (χ1) is 15.0. The van der Waals surface area contributed by atoms with Crippen LogP contribution in [0.4, 0.5) is 5.69 Å². The molecule has 0 unspecified atom stereocenters. The number of hydrogen-bond donors (Lipinski definition) is 2. The molecule has 1 amide bonds. The van der Waals surface area contributed by atoms with E-state index >= 15 is 0 Å². The number of rotatable bonds is 5. The Kier molecular flexibility index (Phi) is 7.97. The maximum absolute atomic E-state index is 12.8. The zero-order valence-electron chi connectivity index (χ0n) is 17.8. The summed E-state index contributed by atoms with van der Waals surface area (Å²) < 4.78 is 27.1. The average Bonchev–Trinajstić information content (AvgIpc) is 3.61. The molecule has 2 N–H and O–H groups in total. The first-order valence-corrected chi connectivity index (χ1v) is 11.9. The molecule has 0 bridgehead atoms. The van der Waals surface area contributed by atoms with Gasteiger partial charge in [0.25, 0.3) is 0 Å². The molecule has 5 rings (SSSR count). The molecule has 1 aromatic heterocycles. The Morgan fingerprint density at radius 2 is 1.73 bits per heavy atom. The zero-order valence-corrected chi connectivity index (χ0v) is 20.3. The summed E-state index contributed by atoms with van der Waals surface area (Å²) in [6, 6.07) is 14.7. The first kappa shape index (κ1) is 25.4. The van der Waals surface area contributed by atoms with Crippen molar-refractivity contribution in [1.29, 1.82) is 0 Å². The molecule has 33 heavy (non-hydrogen) atoms. The summed E-state index contributed by atoms with van der Waals surface area (Å²) >= 11 is 0. The van der Waals surface area contributed by atoms with Gasteiger partial charge in [-0.3, -0.25) is 9.78 Å². The predicted octanol–water partition coefficient (Wildman–Crippen LogP) is 3.41. The summed E-state index contributed by atoms with van der Waals surface area (Å²) in [5.41, 5.74) is 1.77. The van der Waals surface area contributed by atoms with Crippen LogP contribution in [0.1, 0.15) is 17.9 Å². The van der Waals surface area contributed by atoms with Gasteiger partial charge in [-0.15, -0.1) is 24.8 Å². The van der Waals surface area contributed by atoms with Crippen molar-refractivity contribution in [3.8, 4) is 0 Å². The number of benzene rings is 2. The van der Waals surface area contributed by atoms with Crippen LogP contribution in [0, 0.1) is 5.92 Å². The van der Waals surface area contributed by atoms with Gasteiger partial charge in [0.1, 0.15) is 0 Å². The minimum absolute atomic E-state index is 0. The second-order valence-electron chi connectivity index (χ2n) is 8.10. The lowest BCUT2D eigenvalue weighted by Gasteiger charge is -2.26. The molecule has 1 saturated heterocycles. The zero-order chi connectivity index (χ0) is 21.4. The van der Waals surface area contributed by atoms with Crippen LogP contribution >= 0.6 is 24.8 Å². The molecule has 1 aliphatic carbocycles. The lowest BCUT2D eigenvalue weighted by molar-refractivity contribution is -0.117. The van der Waals surface area contributed by atoms with Gasteiger partial charge >= 0.3 is 0 Å². The van der Waals surface area contributed by atoms with Gasteiger partial charge in [0.15, 0.2) is 0 Å². The number of carbonyl (C=O) groups excluding carboxylic acids is 1. The van der Waals surface area contributed by atoms with E-state index in [1.54, 1.807) is 24.5 Å². The largest absolute Gasteiger partial charge is 0.326 e. The maximum Gasteiger partial charge on any atom is 0.243 e. The van der Waals surface area contributed by atoms with Crippen molar-refractivity contribution < 1.29 is 13.2 Å². The third-order valence-corrected chi connectivity index (χ3v) is 7.97. The van der Waals surface area contributed by atoms with Gasteiger partial charge in [0.05, 0.1) is 4.90 Å². The van der Waals surface area contributed by atoms with Crippen molar-refractivity contribution in [2.75, 3.05) is 31.5 Å². The number of sulfonamides is 1. The molecule has 0 radical (unpaired) electrons. The van der Waals surface area contributed by atoms with Crippen molar-refractivity contribution >= 4 is 57.2 Å². The molecule has 1 saturated carbocycles. The lowest BCUT2D eigenvalue weighted by atomic mass is 10.1.